The van der Waals surface area contributed by atoms with Gasteiger partial charge >= 0.3 is 5.97 Å². The number of hydrogen-bond donors (Lipinski definition) is 4. The van der Waals surface area contributed by atoms with E-state index in [9.17, 15) is 4.79 Å². The number of rotatable bonds is 10. The van der Waals surface area contributed by atoms with E-state index in [0.29, 0.717) is 12.1 Å². The van der Waals surface area contributed by atoms with Crippen LogP contribution >= 0.6 is 0 Å². The van der Waals surface area contributed by atoms with Gasteiger partial charge in [-0.15, -0.1) is 6.58 Å². The second kappa shape index (κ2) is 11.8. The van der Waals surface area contributed by atoms with E-state index in [1.165, 1.54) is 31.5 Å². The van der Waals surface area contributed by atoms with Gasteiger partial charge in [0.2, 0.25) is 0 Å². The van der Waals surface area contributed by atoms with Gasteiger partial charge in [-0.2, -0.15) is 0 Å². The molecule has 2 rings (SSSR count). The summed E-state index contributed by atoms with van der Waals surface area (Å²) in [6.07, 6.45) is 8.67. The van der Waals surface area contributed by atoms with Gasteiger partial charge in [0.15, 0.2) is 0 Å². The number of dihydropyridines is 1. The third kappa shape index (κ3) is 8.63. The fourth-order valence-corrected chi connectivity index (χ4v) is 2.76. The molecule has 0 bridgehead atoms. The maximum atomic E-state index is 10.1. The third-order valence-electron chi connectivity index (χ3n) is 4.80. The quantitative estimate of drug-likeness (QED) is 0.344. The van der Waals surface area contributed by atoms with Crippen molar-refractivity contribution in [1.29, 1.82) is 0 Å². The van der Waals surface area contributed by atoms with Gasteiger partial charge in [0.1, 0.15) is 11.9 Å². The SMILES string of the molecule is C=CC(O)C(C)C(=O)O.CCNCCC(OC1=CC=C(C)NC1C)C1CC1. The van der Waals surface area contributed by atoms with Crippen LogP contribution in [-0.2, 0) is 9.53 Å². The number of carboxylic acid groups (broad SMARTS) is 1. The first-order valence-corrected chi connectivity index (χ1v) is 9.85. The first kappa shape index (κ1) is 23.2. The van der Waals surface area contributed by atoms with Crippen LogP contribution < -0.4 is 10.6 Å². The standard InChI is InChI=1S/C15H26N2O.C6H10O3/c1-4-16-10-9-15(13-6-7-13)18-14-8-5-11(2)17-12(14)3;1-3-5(7)4(2)6(8)9/h5,8,12-13,15-17H,4,6-7,9-10H2,1-3H3;3-5,7H,1H2,2H3,(H,8,9). The van der Waals surface area contributed by atoms with Crippen molar-refractivity contribution >= 4 is 5.97 Å². The van der Waals surface area contributed by atoms with Crippen LogP contribution in [0.1, 0.15) is 47.0 Å². The predicted octanol–water partition coefficient (Wildman–Crippen LogP) is 2.81. The van der Waals surface area contributed by atoms with Gasteiger partial charge < -0.3 is 25.6 Å². The Morgan fingerprint density at radius 1 is 1.48 bits per heavy atom. The highest BCUT2D eigenvalue weighted by molar-refractivity contribution is 5.70. The molecule has 1 saturated carbocycles. The highest BCUT2D eigenvalue weighted by Crippen LogP contribution is 2.37. The summed E-state index contributed by atoms with van der Waals surface area (Å²) in [4.78, 5) is 10.1. The molecule has 1 heterocycles. The van der Waals surface area contributed by atoms with Crippen LogP contribution in [0.3, 0.4) is 0 Å². The summed E-state index contributed by atoms with van der Waals surface area (Å²) in [6.45, 7) is 13.2. The van der Waals surface area contributed by atoms with Gasteiger partial charge in [0.05, 0.1) is 18.1 Å². The maximum absolute atomic E-state index is 10.1. The number of carbonyl (C=O) groups is 1. The third-order valence-corrected chi connectivity index (χ3v) is 4.80. The van der Waals surface area contributed by atoms with E-state index < -0.39 is 18.0 Å². The van der Waals surface area contributed by atoms with Crippen LogP contribution in [0.15, 0.2) is 36.3 Å². The van der Waals surface area contributed by atoms with Crippen LogP contribution in [0.2, 0.25) is 0 Å². The molecule has 0 aromatic heterocycles. The van der Waals surface area contributed by atoms with E-state index in [0.717, 1.165) is 31.2 Å². The van der Waals surface area contributed by atoms with Crippen molar-refractivity contribution in [3.8, 4) is 0 Å². The Morgan fingerprint density at radius 3 is 2.59 bits per heavy atom. The lowest BCUT2D eigenvalue weighted by Gasteiger charge is -2.27. The van der Waals surface area contributed by atoms with Crippen LogP contribution in [0.5, 0.6) is 0 Å². The largest absolute Gasteiger partial charge is 0.492 e. The zero-order chi connectivity index (χ0) is 20.4. The minimum atomic E-state index is -1.01. The summed E-state index contributed by atoms with van der Waals surface area (Å²) >= 11 is 0. The minimum Gasteiger partial charge on any atom is -0.492 e. The van der Waals surface area contributed by atoms with E-state index in [1.54, 1.807) is 0 Å². The van der Waals surface area contributed by atoms with Crippen molar-refractivity contribution in [3.63, 3.8) is 0 Å². The first-order valence-electron chi connectivity index (χ1n) is 9.85. The monoisotopic (exact) mass is 380 g/mol. The van der Waals surface area contributed by atoms with E-state index >= 15 is 0 Å². The lowest BCUT2D eigenvalue weighted by atomic mass is 10.1. The molecule has 1 fully saturated rings. The second-order valence-corrected chi connectivity index (χ2v) is 7.27. The molecular formula is C21H36N2O4. The number of ether oxygens (including phenoxy) is 1. The molecule has 6 heteroatoms. The van der Waals surface area contributed by atoms with Gasteiger partial charge in [-0.25, -0.2) is 0 Å². The predicted molar refractivity (Wildman–Crippen MR) is 108 cm³/mol. The molecule has 0 radical (unpaired) electrons. The highest BCUT2D eigenvalue weighted by atomic mass is 16.5. The van der Waals surface area contributed by atoms with E-state index in [4.69, 9.17) is 14.9 Å². The fourth-order valence-electron chi connectivity index (χ4n) is 2.76. The van der Waals surface area contributed by atoms with Crippen molar-refractivity contribution in [1.82, 2.24) is 10.6 Å². The molecular weight excluding hydrogens is 344 g/mol. The van der Waals surface area contributed by atoms with Gasteiger partial charge in [-0.1, -0.05) is 13.0 Å². The molecule has 2 aliphatic rings. The zero-order valence-corrected chi connectivity index (χ0v) is 17.1. The van der Waals surface area contributed by atoms with Crippen LogP contribution in [0, 0.1) is 11.8 Å². The molecule has 0 saturated heterocycles. The van der Waals surface area contributed by atoms with Gasteiger partial charge in [-0.05, 0) is 71.2 Å². The Balaban J connectivity index is 0.000000345. The molecule has 4 unspecified atom stereocenters. The van der Waals surface area contributed by atoms with Crippen molar-refractivity contribution in [2.75, 3.05) is 13.1 Å². The van der Waals surface area contributed by atoms with Crippen molar-refractivity contribution in [2.45, 2.75) is 65.2 Å². The molecule has 0 amide bonds. The minimum absolute atomic E-state index is 0.301. The normalized spacial score (nSPS) is 22.0. The number of allylic oxidation sites excluding steroid dienone is 3. The topological polar surface area (TPSA) is 90.8 Å². The smallest absolute Gasteiger partial charge is 0.309 e. The Morgan fingerprint density at radius 2 is 2.15 bits per heavy atom. The van der Waals surface area contributed by atoms with Crippen LogP contribution in [-0.4, -0.2) is 47.5 Å². The summed E-state index contributed by atoms with van der Waals surface area (Å²) in [5.74, 6) is 0.0997. The second-order valence-electron chi connectivity index (χ2n) is 7.27. The Bertz CT molecular complexity index is 540. The molecule has 1 aliphatic carbocycles. The molecule has 1 aliphatic heterocycles. The summed E-state index contributed by atoms with van der Waals surface area (Å²) in [5, 5.41) is 23.9. The molecule has 0 aromatic carbocycles. The lowest BCUT2D eigenvalue weighted by Crippen LogP contribution is -2.33. The van der Waals surface area contributed by atoms with Crippen molar-refractivity contribution in [3.05, 3.63) is 36.3 Å². The van der Waals surface area contributed by atoms with Gasteiger partial charge in [0.25, 0.3) is 0 Å². The Kier molecular flexibility index (Phi) is 10.2. The van der Waals surface area contributed by atoms with E-state index in [2.05, 4.69) is 50.1 Å². The average Bonchev–Trinajstić information content (AvgIpc) is 3.47. The Labute approximate surface area is 163 Å². The zero-order valence-electron chi connectivity index (χ0n) is 17.1. The van der Waals surface area contributed by atoms with Crippen molar-refractivity contribution in [2.24, 2.45) is 11.8 Å². The number of hydrogen-bond acceptors (Lipinski definition) is 5. The number of aliphatic carboxylic acids is 1. The molecule has 4 N–H and O–H groups in total. The molecule has 27 heavy (non-hydrogen) atoms. The molecule has 0 spiro atoms. The van der Waals surface area contributed by atoms with Crippen LogP contribution in [0.25, 0.3) is 0 Å². The van der Waals surface area contributed by atoms with Gasteiger partial charge in [-0.3, -0.25) is 4.79 Å². The lowest BCUT2D eigenvalue weighted by molar-refractivity contribution is -0.143. The average molecular weight is 381 g/mol. The van der Waals surface area contributed by atoms with Gasteiger partial charge in [0, 0.05) is 5.70 Å². The highest BCUT2D eigenvalue weighted by Gasteiger charge is 2.33. The van der Waals surface area contributed by atoms with Crippen molar-refractivity contribution < 1.29 is 19.7 Å². The van der Waals surface area contributed by atoms with E-state index in [1.807, 2.05) is 0 Å². The molecule has 4 atom stereocenters. The number of aliphatic hydroxyl groups excluding tert-OH is 1. The Hall–Kier alpha value is -1.79. The first-order chi connectivity index (χ1) is 12.8. The van der Waals surface area contributed by atoms with E-state index in [-0.39, 0.29) is 0 Å². The van der Waals surface area contributed by atoms with Crippen LogP contribution in [0.4, 0.5) is 0 Å². The number of carboxylic acids is 1. The fraction of sp³-hybridized carbons (Fsp3) is 0.667. The maximum Gasteiger partial charge on any atom is 0.309 e. The number of aliphatic hydroxyl groups is 1. The summed E-state index contributed by atoms with van der Waals surface area (Å²) in [6, 6.07) is 0.301. The molecule has 0 aromatic rings. The molecule has 154 valence electrons. The number of nitrogens with one attached hydrogen (secondary N) is 2. The summed E-state index contributed by atoms with van der Waals surface area (Å²) in [7, 11) is 0. The summed E-state index contributed by atoms with van der Waals surface area (Å²) < 4.78 is 6.24. The summed E-state index contributed by atoms with van der Waals surface area (Å²) in [5.41, 5.74) is 1.21. The molecule has 6 nitrogen and oxygen atoms in total.